The van der Waals surface area contributed by atoms with Crippen molar-refractivity contribution in [3.63, 3.8) is 0 Å². The Hall–Kier alpha value is -1.56. The summed E-state index contributed by atoms with van der Waals surface area (Å²) in [7, 11) is 0. The van der Waals surface area contributed by atoms with Crippen molar-refractivity contribution >= 4 is 5.69 Å². The van der Waals surface area contributed by atoms with Gasteiger partial charge in [-0.25, -0.2) is 0 Å². The van der Waals surface area contributed by atoms with Crippen LogP contribution in [0.2, 0.25) is 0 Å². The Labute approximate surface area is 59.1 Å². The molecule has 0 aliphatic heterocycles. The number of nitrogen functional groups attached to an aromatic ring is 1. The van der Waals surface area contributed by atoms with Crippen molar-refractivity contribution in [3.8, 4) is 0 Å². The zero-order valence-corrected chi connectivity index (χ0v) is 5.49. The van der Waals surface area contributed by atoms with Crippen molar-refractivity contribution in [2.75, 3.05) is 5.73 Å². The maximum atomic E-state index is 8.18. The van der Waals surface area contributed by atoms with Crippen LogP contribution in [-0.2, 0) is 6.54 Å². The van der Waals surface area contributed by atoms with Crippen molar-refractivity contribution in [3.05, 3.63) is 34.8 Å². The maximum absolute atomic E-state index is 8.18. The number of benzene rings is 1. The van der Waals surface area contributed by atoms with E-state index in [1.807, 2.05) is 12.1 Å². The molecule has 50 valence electrons. The molecule has 0 radical (unpaired) electrons. The Bertz CT molecular complexity index is 245. The quantitative estimate of drug-likeness (QED) is 0.468. The van der Waals surface area contributed by atoms with E-state index in [1.165, 1.54) is 0 Å². The molecule has 0 spiro atoms. The van der Waals surface area contributed by atoms with Gasteiger partial charge in [0.15, 0.2) is 0 Å². The molecule has 3 nitrogen and oxygen atoms in total. The largest absolute Gasteiger partial charge is 0.399 e. The van der Waals surface area contributed by atoms with E-state index in [0.717, 1.165) is 11.3 Å². The number of nitrogens with two attached hydrogens (primary N) is 1. The molecule has 0 saturated carbocycles. The summed E-state index contributed by atoms with van der Waals surface area (Å²) in [6, 6.07) is 7.21. The van der Waals surface area contributed by atoms with Crippen LogP contribution < -0.4 is 5.73 Å². The topological polar surface area (TPSA) is 54.2 Å². The molecule has 0 aliphatic carbocycles. The Balaban J connectivity index is 2.81. The number of rotatable bonds is 1. The van der Waals surface area contributed by atoms with Gasteiger partial charge in [-0.15, -0.1) is 0 Å². The van der Waals surface area contributed by atoms with Crippen molar-refractivity contribution in [1.29, 1.82) is 5.39 Å². The second-order valence-electron chi connectivity index (χ2n) is 2.04. The predicted molar refractivity (Wildman–Crippen MR) is 39.6 cm³/mol. The molecule has 0 fully saturated rings. The van der Waals surface area contributed by atoms with E-state index >= 15 is 0 Å². The van der Waals surface area contributed by atoms with Crippen LogP contribution in [0.15, 0.2) is 24.3 Å². The van der Waals surface area contributed by atoms with Crippen molar-refractivity contribution in [2.24, 2.45) is 0 Å². The SMILES string of the molecule is N#[N+]Cc1ccc(N)cc1. The van der Waals surface area contributed by atoms with E-state index in [4.69, 9.17) is 11.1 Å². The van der Waals surface area contributed by atoms with E-state index in [-0.39, 0.29) is 0 Å². The third-order valence-electron chi connectivity index (χ3n) is 1.23. The smallest absolute Gasteiger partial charge is 0.330 e. The Morgan fingerprint density at radius 2 is 1.90 bits per heavy atom. The summed E-state index contributed by atoms with van der Waals surface area (Å²) >= 11 is 0. The molecule has 0 heterocycles. The molecule has 0 unspecified atom stereocenters. The van der Waals surface area contributed by atoms with E-state index in [9.17, 15) is 0 Å². The molecule has 3 heteroatoms. The number of hydrogen-bond donors (Lipinski definition) is 1. The van der Waals surface area contributed by atoms with Crippen LogP contribution in [0.1, 0.15) is 5.56 Å². The fraction of sp³-hybridized carbons (Fsp3) is 0.143. The molecule has 10 heavy (non-hydrogen) atoms. The van der Waals surface area contributed by atoms with Gasteiger partial charge in [-0.05, 0) is 24.3 Å². The van der Waals surface area contributed by atoms with Crippen LogP contribution in [0, 0.1) is 5.39 Å². The van der Waals surface area contributed by atoms with E-state index in [1.54, 1.807) is 12.1 Å². The lowest BCUT2D eigenvalue weighted by Gasteiger charge is -1.89. The third kappa shape index (κ3) is 1.46. The molecule has 0 aliphatic rings. The van der Waals surface area contributed by atoms with Gasteiger partial charge >= 0.3 is 6.54 Å². The minimum absolute atomic E-state index is 0.334. The van der Waals surface area contributed by atoms with Gasteiger partial charge in [0, 0.05) is 11.3 Å². The predicted octanol–water partition coefficient (Wildman–Crippen LogP) is 1.62. The van der Waals surface area contributed by atoms with Crippen LogP contribution in [-0.4, -0.2) is 0 Å². The summed E-state index contributed by atoms with van der Waals surface area (Å²) in [4.78, 5) is 2.99. The van der Waals surface area contributed by atoms with Crippen molar-refractivity contribution in [2.45, 2.75) is 6.54 Å². The summed E-state index contributed by atoms with van der Waals surface area (Å²) < 4.78 is 0. The molecule has 0 saturated heterocycles. The molecule has 2 N–H and O–H groups in total. The van der Waals surface area contributed by atoms with Gasteiger partial charge in [-0.2, -0.15) is 0 Å². The highest BCUT2D eigenvalue weighted by atomic mass is 14.8. The standard InChI is InChI=1S/C7H8N3/c8-7-3-1-6(2-4-7)5-10-9/h1-4H,5,8H2/q+1. The lowest BCUT2D eigenvalue weighted by Crippen LogP contribution is -1.84. The molecular weight excluding hydrogens is 126 g/mol. The second kappa shape index (κ2) is 2.83. The van der Waals surface area contributed by atoms with E-state index < -0.39 is 0 Å². The Morgan fingerprint density at radius 3 is 2.40 bits per heavy atom. The molecule has 1 rings (SSSR count). The molecular formula is C7H8N3+. The van der Waals surface area contributed by atoms with Crippen LogP contribution in [0.4, 0.5) is 5.69 Å². The number of hydrogen-bond acceptors (Lipinski definition) is 2. The fourth-order valence-corrected chi connectivity index (χ4v) is 0.705. The minimum Gasteiger partial charge on any atom is -0.399 e. The monoisotopic (exact) mass is 134 g/mol. The summed E-state index contributed by atoms with van der Waals surface area (Å²) in [5, 5.41) is 8.18. The molecule has 0 bridgehead atoms. The van der Waals surface area contributed by atoms with E-state index in [0.29, 0.717) is 6.54 Å². The zero-order valence-electron chi connectivity index (χ0n) is 5.49. The van der Waals surface area contributed by atoms with Crippen LogP contribution in [0.3, 0.4) is 0 Å². The first-order valence-electron chi connectivity index (χ1n) is 2.98. The third-order valence-corrected chi connectivity index (χ3v) is 1.23. The average Bonchev–Trinajstić information content (AvgIpc) is 1.95. The van der Waals surface area contributed by atoms with Crippen LogP contribution in [0.25, 0.3) is 4.98 Å². The Kier molecular flexibility index (Phi) is 1.86. The first-order valence-corrected chi connectivity index (χ1v) is 2.98. The lowest BCUT2D eigenvalue weighted by atomic mass is 10.2. The van der Waals surface area contributed by atoms with Gasteiger partial charge in [0.2, 0.25) is 5.39 Å². The minimum atomic E-state index is 0.334. The second-order valence-corrected chi connectivity index (χ2v) is 2.04. The zero-order chi connectivity index (χ0) is 7.40. The van der Waals surface area contributed by atoms with Crippen LogP contribution in [0.5, 0.6) is 0 Å². The van der Waals surface area contributed by atoms with Crippen molar-refractivity contribution in [1.82, 2.24) is 0 Å². The molecule has 0 aromatic heterocycles. The molecule has 0 amide bonds. The molecule has 1 aromatic carbocycles. The fourth-order valence-electron chi connectivity index (χ4n) is 0.705. The van der Waals surface area contributed by atoms with Gasteiger partial charge in [0.1, 0.15) is 4.98 Å². The highest BCUT2D eigenvalue weighted by Crippen LogP contribution is 2.05. The lowest BCUT2D eigenvalue weighted by molar-refractivity contribution is 1.19. The first kappa shape index (κ1) is 6.56. The summed E-state index contributed by atoms with van der Waals surface area (Å²) in [6.07, 6.45) is 0. The van der Waals surface area contributed by atoms with Gasteiger partial charge in [-0.3, -0.25) is 0 Å². The maximum Gasteiger partial charge on any atom is 0.330 e. The summed E-state index contributed by atoms with van der Waals surface area (Å²) in [5.41, 5.74) is 7.11. The van der Waals surface area contributed by atoms with Gasteiger partial charge in [0.05, 0.1) is 0 Å². The van der Waals surface area contributed by atoms with E-state index in [2.05, 4.69) is 4.98 Å². The van der Waals surface area contributed by atoms with Gasteiger partial charge in [0.25, 0.3) is 0 Å². The number of diazo groups is 1. The normalized spacial score (nSPS) is 8.70. The first-order chi connectivity index (χ1) is 4.83. The number of nitrogens with zero attached hydrogens (tertiary/aromatic N) is 2. The Morgan fingerprint density at radius 1 is 1.30 bits per heavy atom. The highest BCUT2D eigenvalue weighted by molar-refractivity contribution is 5.39. The molecule has 1 aromatic rings. The number of anilines is 1. The summed E-state index contributed by atoms with van der Waals surface area (Å²) in [6.45, 7) is 0.334. The highest BCUT2D eigenvalue weighted by Gasteiger charge is 1.97. The van der Waals surface area contributed by atoms with Gasteiger partial charge in [-0.1, -0.05) is 0 Å². The summed E-state index contributed by atoms with van der Waals surface area (Å²) in [5.74, 6) is 0. The molecule has 0 atom stereocenters. The average molecular weight is 134 g/mol. The van der Waals surface area contributed by atoms with Crippen molar-refractivity contribution < 1.29 is 0 Å². The van der Waals surface area contributed by atoms with Gasteiger partial charge < -0.3 is 5.73 Å². The van der Waals surface area contributed by atoms with Crippen LogP contribution >= 0.6 is 0 Å².